The molecule has 7 rings (SSSR count). The second-order valence-corrected chi connectivity index (χ2v) is 14.4. The number of carboxylic acids is 1. The van der Waals surface area contributed by atoms with E-state index in [0.29, 0.717) is 47.9 Å². The second-order valence-electron chi connectivity index (χ2n) is 13.6. The van der Waals surface area contributed by atoms with Crippen molar-refractivity contribution in [3.8, 4) is 16.9 Å². The van der Waals surface area contributed by atoms with Gasteiger partial charge in [-0.1, -0.05) is 29.3 Å². The minimum Gasteiger partial charge on any atom is -0.494 e. The number of rotatable bonds is 8. The van der Waals surface area contributed by atoms with Gasteiger partial charge in [-0.05, 0) is 113 Å². The molecule has 0 spiro atoms. The summed E-state index contributed by atoms with van der Waals surface area (Å²) >= 11 is 13.5. The molecule has 3 aromatic heterocycles. The van der Waals surface area contributed by atoms with E-state index in [0.717, 1.165) is 71.8 Å². The lowest BCUT2D eigenvalue weighted by molar-refractivity contribution is 0.0687. The van der Waals surface area contributed by atoms with E-state index in [-0.39, 0.29) is 17.6 Å². The number of hydrogen-bond acceptors (Lipinski definition) is 5. The van der Waals surface area contributed by atoms with E-state index in [9.17, 15) is 9.90 Å². The fourth-order valence-corrected chi connectivity index (χ4v) is 8.15. The highest BCUT2D eigenvalue weighted by atomic mass is 35.5. The number of nitrogens with zero attached hydrogens (tertiary/aromatic N) is 5. The van der Waals surface area contributed by atoms with Crippen molar-refractivity contribution in [1.82, 2.24) is 19.1 Å². The molecule has 1 unspecified atom stereocenters. The fourth-order valence-electron chi connectivity index (χ4n) is 7.79. The van der Waals surface area contributed by atoms with E-state index in [2.05, 4.69) is 21.5 Å². The third-order valence-electron chi connectivity index (χ3n) is 10.0. The van der Waals surface area contributed by atoms with E-state index in [4.69, 9.17) is 27.9 Å². The van der Waals surface area contributed by atoms with Crippen molar-refractivity contribution in [3.05, 3.63) is 104 Å². The van der Waals surface area contributed by atoms with Gasteiger partial charge in [-0.25, -0.2) is 14.8 Å². The molecule has 1 N–H and O–H groups in total. The van der Waals surface area contributed by atoms with Crippen molar-refractivity contribution in [3.63, 3.8) is 0 Å². The van der Waals surface area contributed by atoms with Crippen LogP contribution in [0.3, 0.4) is 0 Å². The number of aromatic nitrogens is 4. The maximum atomic E-state index is 15.1. The molecule has 1 aliphatic heterocycles. The Morgan fingerprint density at radius 1 is 0.961 bits per heavy atom. The van der Waals surface area contributed by atoms with Crippen LogP contribution in [0.1, 0.15) is 74.0 Å². The lowest BCUT2D eigenvalue weighted by Gasteiger charge is -2.35. The molecule has 9 nitrogen and oxygen atoms in total. The SMILES string of the molecule is Cc1cc(N2CC(C)n3c(c(CCCOc4cc(C)c(Cl)c(C)c4)c4ccc(Cl)c(-c5c(C)ncnc5C)c43)C2=O)c2c(c1)cc(C(=O)O)n2C. The Balaban J connectivity index is 1.40. The Bertz CT molecular complexity index is 2380. The Kier molecular flexibility index (Phi) is 8.84. The van der Waals surface area contributed by atoms with Gasteiger partial charge in [-0.15, -0.1) is 0 Å². The van der Waals surface area contributed by atoms with Crippen LogP contribution in [0.15, 0.2) is 48.8 Å². The lowest BCUT2D eigenvalue weighted by Crippen LogP contribution is -2.43. The van der Waals surface area contributed by atoms with Gasteiger partial charge in [-0.3, -0.25) is 4.79 Å². The first kappa shape index (κ1) is 34.6. The molecule has 0 bridgehead atoms. The molecule has 0 fully saturated rings. The van der Waals surface area contributed by atoms with Gasteiger partial charge in [0.1, 0.15) is 23.5 Å². The van der Waals surface area contributed by atoms with Crippen molar-refractivity contribution in [1.29, 1.82) is 0 Å². The number of anilines is 1. The summed E-state index contributed by atoms with van der Waals surface area (Å²) in [4.78, 5) is 38.0. The highest BCUT2D eigenvalue weighted by molar-refractivity contribution is 6.35. The van der Waals surface area contributed by atoms with Crippen LogP contribution >= 0.6 is 23.2 Å². The van der Waals surface area contributed by atoms with Gasteiger partial charge in [0.2, 0.25) is 0 Å². The minimum atomic E-state index is -1.02. The standard InChI is InChI=1S/C40H39Cl2N5O4/c1-20-13-26-17-32(40(49)50)45(7)36(26)31(14-20)46-18-23(4)47-37-29(10-11-30(41)34(37)33-24(5)43-19-44-25(33)6)28(38(47)39(46)48)9-8-12-51-27-15-21(2)35(42)22(3)16-27/h10-11,13-17,19,23H,8-9,12,18H2,1-7H3,(H,49,50). The summed E-state index contributed by atoms with van der Waals surface area (Å²) in [6, 6.07) is 13.2. The second kappa shape index (κ2) is 13.0. The van der Waals surface area contributed by atoms with Gasteiger partial charge < -0.3 is 23.9 Å². The minimum absolute atomic E-state index is 0.158. The van der Waals surface area contributed by atoms with Crippen molar-refractivity contribution in [2.24, 2.45) is 7.05 Å². The molecule has 0 radical (unpaired) electrons. The van der Waals surface area contributed by atoms with Gasteiger partial charge in [0.25, 0.3) is 5.91 Å². The van der Waals surface area contributed by atoms with Gasteiger partial charge >= 0.3 is 5.97 Å². The molecule has 1 aliphatic rings. The van der Waals surface area contributed by atoms with E-state index in [1.807, 2.05) is 75.9 Å². The average molecular weight is 725 g/mol. The molecule has 262 valence electrons. The maximum absolute atomic E-state index is 15.1. The number of carbonyl (C=O) groups excluding carboxylic acids is 1. The van der Waals surface area contributed by atoms with Crippen LogP contribution in [0.4, 0.5) is 5.69 Å². The van der Waals surface area contributed by atoms with E-state index < -0.39 is 5.97 Å². The molecule has 1 atom stereocenters. The quantitative estimate of drug-likeness (QED) is 0.157. The molecule has 0 aliphatic carbocycles. The first-order chi connectivity index (χ1) is 24.3. The van der Waals surface area contributed by atoms with Gasteiger partial charge in [-0.2, -0.15) is 0 Å². The zero-order valence-corrected chi connectivity index (χ0v) is 31.2. The van der Waals surface area contributed by atoms with Crippen LogP contribution in [0.2, 0.25) is 10.0 Å². The predicted octanol–water partition coefficient (Wildman–Crippen LogP) is 9.37. The number of carbonyl (C=O) groups is 2. The molecule has 51 heavy (non-hydrogen) atoms. The van der Waals surface area contributed by atoms with Gasteiger partial charge in [0.05, 0.1) is 28.4 Å². The van der Waals surface area contributed by atoms with Crippen molar-refractivity contribution >= 4 is 62.6 Å². The zero-order valence-electron chi connectivity index (χ0n) is 29.7. The van der Waals surface area contributed by atoms with E-state index in [1.165, 1.54) is 0 Å². The number of fused-ring (bicyclic) bond motifs is 4. The van der Waals surface area contributed by atoms with Crippen LogP contribution in [-0.2, 0) is 13.5 Å². The summed E-state index contributed by atoms with van der Waals surface area (Å²) in [5.74, 6) is -0.428. The normalized spacial score (nSPS) is 14.5. The number of carboxylic acid groups (broad SMARTS) is 1. The van der Waals surface area contributed by atoms with Crippen LogP contribution in [0, 0.1) is 34.6 Å². The number of ether oxygens (including phenoxy) is 1. The van der Waals surface area contributed by atoms with E-state index in [1.54, 1.807) is 24.0 Å². The third kappa shape index (κ3) is 5.72. The third-order valence-corrected chi connectivity index (χ3v) is 11.0. The number of aryl methyl sites for hydroxylation is 7. The summed E-state index contributed by atoms with van der Waals surface area (Å²) in [6.45, 7) is 12.7. The molecule has 11 heteroatoms. The predicted molar refractivity (Wildman–Crippen MR) is 203 cm³/mol. The van der Waals surface area contributed by atoms with Crippen molar-refractivity contribution < 1.29 is 19.4 Å². The van der Waals surface area contributed by atoms with Gasteiger partial charge in [0.15, 0.2) is 0 Å². The number of aromatic carboxylic acids is 1. The molecule has 4 heterocycles. The summed E-state index contributed by atoms with van der Waals surface area (Å²) in [7, 11) is 1.73. The molecule has 6 aromatic rings. The Morgan fingerprint density at radius 3 is 2.31 bits per heavy atom. The number of hydrogen-bond donors (Lipinski definition) is 1. The molecule has 3 aromatic carbocycles. The largest absolute Gasteiger partial charge is 0.494 e. The smallest absolute Gasteiger partial charge is 0.352 e. The van der Waals surface area contributed by atoms with Crippen LogP contribution in [0.5, 0.6) is 5.75 Å². The Hall–Kier alpha value is -4.86. The summed E-state index contributed by atoms with van der Waals surface area (Å²) in [6.07, 6.45) is 2.77. The molecular weight excluding hydrogens is 685 g/mol. The first-order valence-electron chi connectivity index (χ1n) is 17.0. The first-order valence-corrected chi connectivity index (χ1v) is 17.7. The maximum Gasteiger partial charge on any atom is 0.352 e. The fraction of sp³-hybridized carbons (Fsp3) is 0.300. The topological polar surface area (TPSA) is 102 Å². The van der Waals surface area contributed by atoms with Crippen molar-refractivity contribution in [2.75, 3.05) is 18.1 Å². The Morgan fingerprint density at radius 2 is 1.65 bits per heavy atom. The number of halogens is 2. The van der Waals surface area contributed by atoms with Gasteiger partial charge in [0, 0.05) is 57.9 Å². The highest BCUT2D eigenvalue weighted by Crippen LogP contribution is 2.45. The summed E-state index contributed by atoms with van der Waals surface area (Å²) in [5, 5.41) is 12.9. The highest BCUT2D eigenvalue weighted by Gasteiger charge is 2.37. The molecule has 1 amide bonds. The van der Waals surface area contributed by atoms with E-state index >= 15 is 4.79 Å². The molecule has 0 saturated carbocycles. The van der Waals surface area contributed by atoms with Crippen LogP contribution in [-0.4, -0.2) is 49.2 Å². The average Bonchev–Trinajstić information content (AvgIpc) is 3.59. The van der Waals surface area contributed by atoms with Crippen LogP contribution < -0.4 is 9.64 Å². The number of amides is 1. The monoisotopic (exact) mass is 723 g/mol. The number of benzene rings is 3. The zero-order chi connectivity index (χ0) is 36.5. The Labute approximate surface area is 306 Å². The summed E-state index contributed by atoms with van der Waals surface area (Å²) in [5.41, 5.74) is 10.00. The van der Waals surface area contributed by atoms with Crippen molar-refractivity contribution in [2.45, 2.75) is 60.4 Å². The molecule has 0 saturated heterocycles. The summed E-state index contributed by atoms with van der Waals surface area (Å²) < 4.78 is 10.0. The molecular formula is C40H39Cl2N5O4. The van der Waals surface area contributed by atoms with Crippen LogP contribution in [0.25, 0.3) is 32.9 Å². The lowest BCUT2D eigenvalue weighted by atomic mass is 9.97.